The Labute approximate surface area is 266 Å². The Morgan fingerprint density at radius 2 is 1.76 bits per heavy atom. The molecule has 1 aliphatic heterocycles. The van der Waals surface area contributed by atoms with E-state index in [1.54, 1.807) is 0 Å². The zero-order chi connectivity index (χ0) is 33.5. The van der Waals surface area contributed by atoms with Gasteiger partial charge in [0, 0.05) is 28.2 Å². The van der Waals surface area contributed by atoms with Crippen molar-refractivity contribution in [2.75, 3.05) is 12.4 Å². The molecule has 4 rings (SSSR count). The number of ether oxygens (including phenoxy) is 1. The number of hydrogen-bond acceptors (Lipinski definition) is 5. The summed E-state index contributed by atoms with van der Waals surface area (Å²) in [6.45, 7) is 5.58. The number of hydrogen-bond donors (Lipinski definition) is 2. The minimum Gasteiger partial charge on any atom is -0.465 e. The fraction of sp³-hybridized carbons (Fsp3) is 0.344. The van der Waals surface area contributed by atoms with Gasteiger partial charge in [-0.15, -0.1) is 0 Å². The lowest BCUT2D eigenvalue weighted by atomic mass is 9.62. The molecule has 1 saturated heterocycles. The van der Waals surface area contributed by atoms with Crippen LogP contribution in [0.5, 0.6) is 0 Å². The third-order valence-electron chi connectivity index (χ3n) is 7.73. The molecule has 3 aromatic carbocycles. The van der Waals surface area contributed by atoms with Crippen molar-refractivity contribution in [3.05, 3.63) is 98.5 Å². The van der Waals surface area contributed by atoms with Gasteiger partial charge in [-0.1, -0.05) is 62.2 Å². The van der Waals surface area contributed by atoms with E-state index in [1.165, 1.54) is 30.3 Å². The number of halogens is 7. The summed E-state index contributed by atoms with van der Waals surface area (Å²) in [6, 6.07) is 9.91. The second-order valence-electron chi connectivity index (χ2n) is 11.9. The number of benzene rings is 3. The van der Waals surface area contributed by atoms with Crippen molar-refractivity contribution in [3.8, 4) is 6.07 Å². The molecular weight excluding hydrogens is 640 g/mol. The highest BCUT2D eigenvalue weighted by Crippen LogP contribution is 2.53. The first-order valence-electron chi connectivity index (χ1n) is 13.6. The van der Waals surface area contributed by atoms with E-state index in [-0.39, 0.29) is 33.3 Å². The molecule has 45 heavy (non-hydrogen) atoms. The monoisotopic (exact) mass is 667 g/mol. The topological polar surface area (TPSA) is 91.2 Å². The largest absolute Gasteiger partial charge is 0.465 e. The van der Waals surface area contributed by atoms with E-state index in [4.69, 9.17) is 23.2 Å². The maximum Gasteiger partial charge on any atom is 0.417 e. The molecule has 1 amide bonds. The van der Waals surface area contributed by atoms with Gasteiger partial charge in [0.15, 0.2) is 0 Å². The van der Waals surface area contributed by atoms with Gasteiger partial charge in [0.05, 0.1) is 35.4 Å². The average Bonchev–Trinajstić information content (AvgIpc) is 3.26. The van der Waals surface area contributed by atoms with E-state index in [9.17, 15) is 28.0 Å². The van der Waals surface area contributed by atoms with Crippen molar-refractivity contribution in [1.29, 1.82) is 5.26 Å². The first-order chi connectivity index (χ1) is 20.9. The van der Waals surface area contributed by atoms with Crippen LogP contribution in [0.15, 0.2) is 54.6 Å². The summed E-state index contributed by atoms with van der Waals surface area (Å²) in [4.78, 5) is 26.0. The van der Waals surface area contributed by atoms with Crippen molar-refractivity contribution in [2.24, 2.45) is 5.41 Å². The van der Waals surface area contributed by atoms with Crippen molar-refractivity contribution < 1.29 is 36.3 Å². The average molecular weight is 668 g/mol. The summed E-state index contributed by atoms with van der Waals surface area (Å²) in [5, 5.41) is 16.1. The van der Waals surface area contributed by atoms with Crippen molar-refractivity contribution >= 4 is 40.8 Å². The normalized spacial score (nSPS) is 21.7. The van der Waals surface area contributed by atoms with Gasteiger partial charge in [-0.3, -0.25) is 4.79 Å². The number of nitrogens with zero attached hydrogens (tertiary/aromatic N) is 1. The molecule has 238 valence electrons. The number of methoxy groups -OCH3 is 1. The van der Waals surface area contributed by atoms with Gasteiger partial charge in [-0.2, -0.15) is 18.4 Å². The van der Waals surface area contributed by atoms with Crippen LogP contribution in [-0.4, -0.2) is 31.1 Å². The van der Waals surface area contributed by atoms with E-state index in [2.05, 4.69) is 21.4 Å². The molecular formula is C32H28Cl2F5N3O3. The second kappa shape index (κ2) is 12.6. The summed E-state index contributed by atoms with van der Waals surface area (Å²) in [5.41, 5.74) is -5.24. The van der Waals surface area contributed by atoms with Crippen molar-refractivity contribution in [2.45, 2.75) is 56.8 Å². The molecule has 3 aromatic rings. The van der Waals surface area contributed by atoms with Crippen LogP contribution in [0.25, 0.3) is 0 Å². The maximum absolute atomic E-state index is 15.8. The Kier molecular flexibility index (Phi) is 9.55. The van der Waals surface area contributed by atoms with E-state index in [1.807, 2.05) is 20.8 Å². The van der Waals surface area contributed by atoms with Gasteiger partial charge in [0.2, 0.25) is 5.91 Å². The molecule has 2 N–H and O–H groups in total. The quantitative estimate of drug-likeness (QED) is 0.205. The van der Waals surface area contributed by atoms with E-state index < -0.39 is 69.6 Å². The van der Waals surface area contributed by atoms with Gasteiger partial charge in [0.25, 0.3) is 0 Å². The number of nitriles is 1. The highest BCUT2D eigenvalue weighted by atomic mass is 35.5. The van der Waals surface area contributed by atoms with Crippen LogP contribution >= 0.6 is 23.2 Å². The number of carbonyl (C=O) groups is 2. The molecule has 6 nitrogen and oxygen atoms in total. The predicted molar refractivity (Wildman–Crippen MR) is 159 cm³/mol. The zero-order valence-corrected chi connectivity index (χ0v) is 26.0. The molecule has 0 saturated carbocycles. The van der Waals surface area contributed by atoms with Crippen LogP contribution in [0.3, 0.4) is 0 Å². The summed E-state index contributed by atoms with van der Waals surface area (Å²) in [5.74, 6) is -5.42. The lowest BCUT2D eigenvalue weighted by Crippen LogP contribution is -2.45. The van der Waals surface area contributed by atoms with Gasteiger partial charge < -0.3 is 15.4 Å². The fourth-order valence-corrected chi connectivity index (χ4v) is 6.26. The lowest BCUT2D eigenvalue weighted by molar-refractivity contribution is -0.138. The van der Waals surface area contributed by atoms with E-state index in [0.717, 1.165) is 25.3 Å². The summed E-state index contributed by atoms with van der Waals surface area (Å²) >= 11 is 12.1. The number of alkyl halides is 3. The number of rotatable bonds is 6. The van der Waals surface area contributed by atoms with Gasteiger partial charge >= 0.3 is 12.1 Å². The highest BCUT2D eigenvalue weighted by molar-refractivity contribution is 6.31. The van der Waals surface area contributed by atoms with Crippen LogP contribution in [0.1, 0.15) is 60.2 Å². The molecule has 0 aromatic heterocycles. The lowest BCUT2D eigenvalue weighted by Gasteiger charge is -2.37. The number of carbonyl (C=O) groups excluding carboxylic acids is 2. The van der Waals surface area contributed by atoms with Gasteiger partial charge in [-0.05, 0) is 53.8 Å². The molecule has 1 fully saturated rings. The number of anilines is 1. The first-order valence-corrected chi connectivity index (χ1v) is 14.4. The predicted octanol–water partition coefficient (Wildman–Crippen LogP) is 8.04. The fourth-order valence-electron chi connectivity index (χ4n) is 5.92. The molecule has 0 spiro atoms. The van der Waals surface area contributed by atoms with Gasteiger partial charge in [0.1, 0.15) is 17.0 Å². The Hall–Kier alpha value is -3.72. The van der Waals surface area contributed by atoms with E-state index >= 15 is 8.78 Å². The van der Waals surface area contributed by atoms with Crippen LogP contribution in [-0.2, 0) is 21.1 Å². The first kappa shape index (κ1) is 34.2. The number of nitrogens with one attached hydrogen (secondary N) is 2. The Morgan fingerprint density at radius 3 is 2.33 bits per heavy atom. The second-order valence-corrected chi connectivity index (χ2v) is 12.8. The molecule has 1 aliphatic rings. The molecule has 4 unspecified atom stereocenters. The highest BCUT2D eigenvalue weighted by Gasteiger charge is 2.61. The third kappa shape index (κ3) is 6.64. The van der Waals surface area contributed by atoms with Crippen LogP contribution in [0.2, 0.25) is 10.0 Å². The molecule has 0 radical (unpaired) electrons. The minimum atomic E-state index is -4.98. The Morgan fingerprint density at radius 1 is 1.07 bits per heavy atom. The Bertz CT molecular complexity index is 1690. The van der Waals surface area contributed by atoms with E-state index in [0.29, 0.717) is 6.07 Å². The molecule has 1 heterocycles. The standard InChI is InChI=1S/C32H28Cl2F5N3O3/c1-30(2,3)14-24-31(15-40,20-11-8-16(33)12-23(20)35)25(19-6-5-7-22(34)26(19)36)27(42-24)28(43)41-17-9-10-18(29(44)45-4)21(13-17)32(37,38)39/h5-13,24-25,27,42H,14H2,1-4H3,(H,41,43). The van der Waals surface area contributed by atoms with Crippen LogP contribution < -0.4 is 10.6 Å². The zero-order valence-electron chi connectivity index (χ0n) is 24.5. The summed E-state index contributed by atoms with van der Waals surface area (Å²) in [7, 11) is 0.929. The Balaban J connectivity index is 1.93. The summed E-state index contributed by atoms with van der Waals surface area (Å²) in [6.07, 6.45) is -4.79. The molecule has 13 heteroatoms. The van der Waals surface area contributed by atoms with Crippen LogP contribution in [0, 0.1) is 28.4 Å². The smallest absolute Gasteiger partial charge is 0.417 e. The molecule has 0 bridgehead atoms. The van der Waals surface area contributed by atoms with Crippen molar-refractivity contribution in [3.63, 3.8) is 0 Å². The maximum atomic E-state index is 15.8. The number of amides is 1. The minimum absolute atomic E-state index is 0.0401. The summed E-state index contributed by atoms with van der Waals surface area (Å²) < 4.78 is 77.6. The van der Waals surface area contributed by atoms with Crippen molar-refractivity contribution in [1.82, 2.24) is 5.32 Å². The molecule has 0 aliphatic carbocycles. The van der Waals surface area contributed by atoms with Gasteiger partial charge in [-0.25, -0.2) is 13.6 Å². The number of esters is 1. The molecule has 4 atom stereocenters. The van der Waals surface area contributed by atoms with Crippen LogP contribution in [0.4, 0.5) is 27.6 Å². The SMILES string of the molecule is COC(=O)c1ccc(NC(=O)C2NC(CC(C)(C)C)C(C#N)(c3ccc(Cl)cc3F)C2c2cccc(Cl)c2F)cc1C(F)(F)F. The third-order valence-corrected chi connectivity index (χ3v) is 8.26.